The third-order valence-electron chi connectivity index (χ3n) is 4.20. The van der Waals surface area contributed by atoms with Crippen LogP contribution in [0.25, 0.3) is 0 Å². The maximum absolute atomic E-state index is 12.7. The monoisotopic (exact) mass is 295 g/mol. The summed E-state index contributed by atoms with van der Waals surface area (Å²) in [7, 11) is 1.24. The normalized spacial score (nSPS) is 34.2. The van der Waals surface area contributed by atoms with E-state index < -0.39 is 35.0 Å². The summed E-state index contributed by atoms with van der Waals surface area (Å²) in [6, 6.07) is -0.422. The number of methoxy groups -OCH3 is 1. The second-order valence-electron chi connectivity index (χ2n) is 6.54. The first-order valence-electron chi connectivity index (χ1n) is 6.90. The van der Waals surface area contributed by atoms with Gasteiger partial charge in [-0.05, 0) is 27.7 Å². The summed E-state index contributed by atoms with van der Waals surface area (Å²) in [4.78, 5) is 38.0. The minimum absolute atomic E-state index is 0.286. The molecule has 0 spiro atoms. The molecule has 0 bridgehead atoms. The van der Waals surface area contributed by atoms with Gasteiger partial charge in [-0.2, -0.15) is 0 Å². The third kappa shape index (κ3) is 1.96. The smallest absolute Gasteiger partial charge is 0.417 e. The van der Waals surface area contributed by atoms with E-state index in [1.807, 2.05) is 0 Å². The lowest BCUT2D eigenvalue weighted by atomic mass is 10.0. The molecule has 21 heavy (non-hydrogen) atoms. The molecule has 1 aliphatic carbocycles. The summed E-state index contributed by atoms with van der Waals surface area (Å²) < 4.78 is 10.0. The number of carbonyl (C=O) groups is 3. The van der Waals surface area contributed by atoms with Gasteiger partial charge in [0.2, 0.25) is 0 Å². The SMILES string of the molecule is C=C[C@H]1[C@H]2[C@H](C)N(C(=O)OC(C)(C)C)C(=O)[C@]21C(=O)OC. The molecule has 2 fully saturated rings. The van der Waals surface area contributed by atoms with E-state index in [2.05, 4.69) is 6.58 Å². The molecule has 6 heteroatoms. The predicted molar refractivity (Wildman–Crippen MR) is 74.2 cm³/mol. The van der Waals surface area contributed by atoms with Crippen LogP contribution >= 0.6 is 0 Å². The van der Waals surface area contributed by atoms with E-state index in [4.69, 9.17) is 9.47 Å². The first-order valence-corrected chi connectivity index (χ1v) is 6.90. The van der Waals surface area contributed by atoms with Crippen LogP contribution in [0.1, 0.15) is 27.7 Å². The predicted octanol–water partition coefficient (Wildman–Crippen LogP) is 1.74. The van der Waals surface area contributed by atoms with E-state index in [1.165, 1.54) is 7.11 Å². The number of piperidine rings is 1. The minimum atomic E-state index is -1.30. The van der Waals surface area contributed by atoms with Crippen molar-refractivity contribution in [2.75, 3.05) is 7.11 Å². The fourth-order valence-electron chi connectivity index (χ4n) is 3.37. The molecule has 0 aromatic heterocycles. The highest BCUT2D eigenvalue weighted by Crippen LogP contribution is 2.67. The molecule has 6 nitrogen and oxygen atoms in total. The zero-order valence-corrected chi connectivity index (χ0v) is 13.0. The lowest BCUT2D eigenvalue weighted by molar-refractivity contribution is -0.154. The topological polar surface area (TPSA) is 72.9 Å². The molecule has 2 amide bonds. The Morgan fingerprint density at radius 3 is 2.38 bits per heavy atom. The number of imide groups is 1. The van der Waals surface area contributed by atoms with E-state index >= 15 is 0 Å². The molecule has 1 saturated heterocycles. The Hall–Kier alpha value is -1.85. The molecule has 1 heterocycles. The van der Waals surface area contributed by atoms with Crippen molar-refractivity contribution in [3.8, 4) is 0 Å². The van der Waals surface area contributed by atoms with Gasteiger partial charge in [0.05, 0.1) is 7.11 Å². The third-order valence-corrected chi connectivity index (χ3v) is 4.20. The number of amides is 2. The Morgan fingerprint density at radius 1 is 1.38 bits per heavy atom. The van der Waals surface area contributed by atoms with Crippen LogP contribution in [0.5, 0.6) is 0 Å². The molecule has 0 unspecified atom stereocenters. The number of hydrogen-bond acceptors (Lipinski definition) is 5. The first-order chi connectivity index (χ1) is 9.62. The molecule has 0 aromatic rings. The van der Waals surface area contributed by atoms with Gasteiger partial charge in [0.25, 0.3) is 5.91 Å². The molecule has 0 aromatic carbocycles. The molecule has 116 valence electrons. The molecule has 1 aliphatic heterocycles. The van der Waals surface area contributed by atoms with Gasteiger partial charge < -0.3 is 9.47 Å². The minimum Gasteiger partial charge on any atom is -0.468 e. The molecule has 2 aliphatic rings. The van der Waals surface area contributed by atoms with Gasteiger partial charge in [-0.25, -0.2) is 9.69 Å². The highest BCUT2D eigenvalue weighted by molar-refractivity contribution is 6.14. The average molecular weight is 295 g/mol. The van der Waals surface area contributed by atoms with Crippen molar-refractivity contribution in [2.24, 2.45) is 17.3 Å². The molecular formula is C15H21NO5. The summed E-state index contributed by atoms with van der Waals surface area (Å²) in [5, 5.41) is 0. The van der Waals surface area contributed by atoms with Gasteiger partial charge in [-0.3, -0.25) is 9.59 Å². The largest absolute Gasteiger partial charge is 0.468 e. The zero-order chi connectivity index (χ0) is 16.2. The van der Waals surface area contributed by atoms with E-state index in [1.54, 1.807) is 33.8 Å². The summed E-state index contributed by atoms with van der Waals surface area (Å²) >= 11 is 0. The Kier molecular flexibility index (Phi) is 3.39. The number of hydrogen-bond donors (Lipinski definition) is 0. The van der Waals surface area contributed by atoms with Crippen molar-refractivity contribution >= 4 is 18.0 Å². The lowest BCUT2D eigenvalue weighted by Gasteiger charge is -2.28. The van der Waals surface area contributed by atoms with Gasteiger partial charge in [-0.15, -0.1) is 6.58 Å². The number of fused-ring (bicyclic) bond motifs is 1. The second-order valence-corrected chi connectivity index (χ2v) is 6.54. The maximum atomic E-state index is 12.7. The van der Waals surface area contributed by atoms with Crippen LogP contribution in [0.15, 0.2) is 12.7 Å². The van der Waals surface area contributed by atoms with Gasteiger partial charge in [0.1, 0.15) is 5.60 Å². The van der Waals surface area contributed by atoms with Crippen molar-refractivity contribution < 1.29 is 23.9 Å². The summed E-state index contributed by atoms with van der Waals surface area (Å²) in [5.41, 5.74) is -2.01. The number of rotatable bonds is 2. The molecular weight excluding hydrogens is 274 g/mol. The number of likely N-dealkylation sites (tertiary alicyclic amines) is 1. The standard InChI is InChI=1S/C15H21NO5/c1-7-9-10-8(2)16(13(19)21-14(3,4)5)11(17)15(9,10)12(18)20-6/h7-10H,1H2,2-6H3/t8-,9-,10+,15+/m0/s1. The van der Waals surface area contributed by atoms with Crippen LogP contribution in [0.2, 0.25) is 0 Å². The summed E-state index contributed by atoms with van der Waals surface area (Å²) in [6.07, 6.45) is 0.862. The molecule has 0 N–H and O–H groups in total. The van der Waals surface area contributed by atoms with Crippen LogP contribution in [-0.4, -0.2) is 41.6 Å². The number of ether oxygens (including phenoxy) is 2. The van der Waals surface area contributed by atoms with Crippen LogP contribution in [-0.2, 0) is 19.1 Å². The number of carbonyl (C=O) groups excluding carboxylic acids is 3. The van der Waals surface area contributed by atoms with Crippen LogP contribution in [0.3, 0.4) is 0 Å². The van der Waals surface area contributed by atoms with E-state index in [9.17, 15) is 14.4 Å². The molecule has 4 atom stereocenters. The highest BCUT2D eigenvalue weighted by atomic mass is 16.6. The van der Waals surface area contributed by atoms with Crippen molar-refractivity contribution in [3.05, 3.63) is 12.7 Å². The van der Waals surface area contributed by atoms with Crippen molar-refractivity contribution in [1.82, 2.24) is 4.90 Å². The molecule has 1 saturated carbocycles. The molecule has 0 radical (unpaired) electrons. The Morgan fingerprint density at radius 2 is 1.95 bits per heavy atom. The van der Waals surface area contributed by atoms with Crippen LogP contribution in [0, 0.1) is 17.3 Å². The Bertz CT molecular complexity index is 521. The van der Waals surface area contributed by atoms with Crippen molar-refractivity contribution in [3.63, 3.8) is 0 Å². The highest BCUT2D eigenvalue weighted by Gasteiger charge is 2.82. The fraction of sp³-hybridized carbons (Fsp3) is 0.667. The summed E-state index contributed by atoms with van der Waals surface area (Å²) in [5.74, 6) is -1.74. The van der Waals surface area contributed by atoms with E-state index in [0.717, 1.165) is 4.90 Å². The van der Waals surface area contributed by atoms with Gasteiger partial charge in [-0.1, -0.05) is 6.08 Å². The first kappa shape index (κ1) is 15.5. The zero-order valence-electron chi connectivity index (χ0n) is 13.0. The number of allylic oxidation sites excluding steroid dienone is 1. The van der Waals surface area contributed by atoms with E-state index in [-0.39, 0.29) is 11.8 Å². The van der Waals surface area contributed by atoms with Crippen LogP contribution < -0.4 is 0 Å². The van der Waals surface area contributed by atoms with Crippen molar-refractivity contribution in [2.45, 2.75) is 39.3 Å². The summed E-state index contributed by atoms with van der Waals surface area (Å²) in [6.45, 7) is 10.6. The van der Waals surface area contributed by atoms with Gasteiger partial charge in [0, 0.05) is 17.9 Å². The van der Waals surface area contributed by atoms with Crippen LogP contribution in [0.4, 0.5) is 4.79 Å². The second kappa shape index (κ2) is 4.58. The van der Waals surface area contributed by atoms with Gasteiger partial charge >= 0.3 is 12.1 Å². The number of nitrogens with zero attached hydrogens (tertiary/aromatic N) is 1. The molecule has 2 rings (SSSR count). The Balaban J connectivity index is 2.31. The lowest BCUT2D eigenvalue weighted by Crippen LogP contribution is -2.46. The van der Waals surface area contributed by atoms with Crippen molar-refractivity contribution in [1.29, 1.82) is 0 Å². The number of esters is 1. The fourth-order valence-corrected chi connectivity index (χ4v) is 3.37. The quantitative estimate of drug-likeness (QED) is 0.441. The average Bonchev–Trinajstić information content (AvgIpc) is 2.99. The maximum Gasteiger partial charge on any atom is 0.417 e. The van der Waals surface area contributed by atoms with E-state index in [0.29, 0.717) is 0 Å². The van der Waals surface area contributed by atoms with Gasteiger partial charge in [0.15, 0.2) is 5.41 Å². The Labute approximate surface area is 124 Å².